The van der Waals surface area contributed by atoms with Crippen molar-refractivity contribution in [2.75, 3.05) is 18.9 Å². The van der Waals surface area contributed by atoms with E-state index in [9.17, 15) is 34.1 Å². The van der Waals surface area contributed by atoms with Gasteiger partial charge in [-0.15, -0.1) is 0 Å². The van der Waals surface area contributed by atoms with Crippen molar-refractivity contribution in [1.82, 2.24) is 24.8 Å². The Labute approximate surface area is 201 Å². The van der Waals surface area contributed by atoms with Gasteiger partial charge in [-0.3, -0.25) is 18.7 Å². The average molecular weight is 530 g/mol. The highest BCUT2D eigenvalue weighted by Crippen LogP contribution is 2.40. The first-order valence-corrected chi connectivity index (χ1v) is 11.6. The Morgan fingerprint density at radius 3 is 2.72 bits per heavy atom. The quantitative estimate of drug-likeness (QED) is 0.124. The normalized spacial score (nSPS) is 24.4. The summed E-state index contributed by atoms with van der Waals surface area (Å²) >= 11 is 0. The van der Waals surface area contributed by atoms with Crippen LogP contribution in [0.25, 0.3) is 11.2 Å². The fourth-order valence-electron chi connectivity index (χ4n) is 3.05. The number of nitrogen functional groups attached to an aromatic ring is 1. The monoisotopic (exact) mass is 530 g/mol. The van der Waals surface area contributed by atoms with Crippen LogP contribution in [0.15, 0.2) is 24.8 Å². The van der Waals surface area contributed by atoms with Crippen LogP contribution >= 0.6 is 7.82 Å². The number of aliphatic hydroxyl groups is 2. The fraction of sp³-hybridized carbons (Fsp3) is 0.412. The second-order valence-corrected chi connectivity index (χ2v) is 8.80. The zero-order chi connectivity index (χ0) is 26.6. The molecule has 3 rings (SSSR count). The second-order valence-electron chi connectivity index (χ2n) is 7.46. The lowest BCUT2D eigenvalue weighted by atomic mass is 10.1. The lowest BCUT2D eigenvalue weighted by Crippen LogP contribution is -2.69. The van der Waals surface area contributed by atoms with Crippen LogP contribution in [0.2, 0.25) is 0 Å². The Bertz CT molecular complexity index is 1220. The highest BCUT2D eigenvalue weighted by molar-refractivity contribution is 7.46. The van der Waals surface area contributed by atoms with E-state index < -0.39 is 69.3 Å². The Hall–Kier alpha value is -3.51. The minimum atomic E-state index is -5.26. The summed E-state index contributed by atoms with van der Waals surface area (Å²) in [5.41, 5.74) is 14.4. The Balaban J connectivity index is 1.54. The van der Waals surface area contributed by atoms with Crippen molar-refractivity contribution in [2.45, 2.75) is 30.6 Å². The number of hydrogen-bond acceptors (Lipinski definition) is 14. The first-order valence-electron chi connectivity index (χ1n) is 10.1. The molecular weight excluding hydrogens is 507 g/mol. The van der Waals surface area contributed by atoms with Gasteiger partial charge in [0.2, 0.25) is 17.9 Å². The number of nitrogens with two attached hydrogens (primary N) is 2. The molecule has 2 aromatic heterocycles. The van der Waals surface area contributed by atoms with Gasteiger partial charge in [-0.05, 0) is 0 Å². The van der Waals surface area contributed by atoms with Gasteiger partial charge in [-0.1, -0.05) is 0 Å². The van der Waals surface area contributed by atoms with Crippen LogP contribution in [0.1, 0.15) is 6.23 Å². The van der Waals surface area contributed by atoms with Crippen molar-refractivity contribution in [1.29, 1.82) is 0 Å². The smallest absolute Gasteiger partial charge is 0.372 e. The van der Waals surface area contributed by atoms with Crippen molar-refractivity contribution in [3.05, 3.63) is 24.8 Å². The number of aromatic nitrogens is 4. The van der Waals surface area contributed by atoms with Crippen molar-refractivity contribution in [3.63, 3.8) is 0 Å². The van der Waals surface area contributed by atoms with E-state index in [0.29, 0.717) is 0 Å². The molecule has 0 aliphatic carbocycles. The Kier molecular flexibility index (Phi) is 8.31. The molecule has 3 heterocycles. The molecule has 0 radical (unpaired) electrons. The van der Waals surface area contributed by atoms with Crippen molar-refractivity contribution in [2.24, 2.45) is 5.73 Å². The predicted molar refractivity (Wildman–Crippen MR) is 113 cm³/mol. The zero-order valence-electron chi connectivity index (χ0n) is 18.4. The Morgan fingerprint density at radius 1 is 1.31 bits per heavy atom. The van der Waals surface area contributed by atoms with Gasteiger partial charge in [0.15, 0.2) is 17.7 Å². The molecular formula is C17H23N8O10P. The SMILES string of the molecule is NC(=O)/C=C/C(=O)NC[C@H]([NH3+])C(=O)OP(=O)([O-])OC[C@H]1O[C@@H](n2cnc3c(N)ncnc32)[C@H](O)[C@@H]1O. The molecule has 10 N–H and O–H groups in total. The maximum Gasteiger partial charge on any atom is 0.372 e. The fourth-order valence-corrected chi connectivity index (χ4v) is 3.80. The van der Waals surface area contributed by atoms with Crippen LogP contribution in [0, 0.1) is 0 Å². The van der Waals surface area contributed by atoms with Crippen molar-refractivity contribution in [3.8, 4) is 0 Å². The molecule has 1 fully saturated rings. The molecule has 1 aliphatic heterocycles. The molecule has 36 heavy (non-hydrogen) atoms. The number of rotatable bonds is 10. The van der Waals surface area contributed by atoms with E-state index in [1.54, 1.807) is 0 Å². The number of hydrogen-bond donors (Lipinski definition) is 6. The van der Waals surface area contributed by atoms with Gasteiger partial charge in [0, 0.05) is 12.2 Å². The molecule has 2 amide bonds. The molecule has 18 nitrogen and oxygen atoms in total. The van der Waals surface area contributed by atoms with E-state index in [2.05, 4.69) is 35.0 Å². The number of carbonyl (C=O) groups excluding carboxylic acids is 3. The van der Waals surface area contributed by atoms with E-state index >= 15 is 0 Å². The number of imidazole rings is 1. The van der Waals surface area contributed by atoms with Crippen LogP contribution in [0.4, 0.5) is 5.82 Å². The summed E-state index contributed by atoms with van der Waals surface area (Å²) in [5.74, 6) is -2.92. The molecule has 1 saturated heterocycles. The number of phosphoric ester groups is 1. The summed E-state index contributed by atoms with van der Waals surface area (Å²) in [6, 6.07) is -1.36. The predicted octanol–water partition coefficient (Wildman–Crippen LogP) is -5.18. The largest absolute Gasteiger partial charge is 0.746 e. The van der Waals surface area contributed by atoms with Crippen LogP contribution in [0.5, 0.6) is 0 Å². The third-order valence-corrected chi connectivity index (χ3v) is 5.72. The van der Waals surface area contributed by atoms with Crippen LogP contribution in [-0.2, 0) is 32.7 Å². The standard InChI is InChI=1S/C17H23N8O10P/c18-7(3-21-10(27)2-1-9(19)26)17(30)35-36(31,32)33-4-8-12(28)13(29)16(34-8)25-6-24-11-14(20)22-5-23-15(11)25/h1-2,5-8,12-13,16,28-29H,3-4,18H2,(H2,19,26)(H,21,27)(H,31,32)(H2,20,22,23)/b2-1+/t7-,8+,12+,13+,16+/m0/s1. The molecule has 6 atom stereocenters. The molecule has 0 spiro atoms. The van der Waals surface area contributed by atoms with Gasteiger partial charge < -0.3 is 51.4 Å². The summed E-state index contributed by atoms with van der Waals surface area (Å²) in [7, 11) is -5.26. The van der Waals surface area contributed by atoms with Crippen LogP contribution in [-0.4, -0.2) is 85.0 Å². The average Bonchev–Trinajstić information content (AvgIpc) is 3.36. The molecule has 196 valence electrons. The van der Waals surface area contributed by atoms with E-state index in [1.165, 1.54) is 10.9 Å². The van der Waals surface area contributed by atoms with Gasteiger partial charge in [-0.2, -0.15) is 0 Å². The van der Waals surface area contributed by atoms with Crippen LogP contribution < -0.4 is 27.4 Å². The molecule has 1 unspecified atom stereocenters. The molecule has 1 aliphatic rings. The van der Waals surface area contributed by atoms with E-state index in [4.69, 9.17) is 16.2 Å². The number of fused-ring (bicyclic) bond motifs is 1. The van der Waals surface area contributed by atoms with Gasteiger partial charge in [-0.25, -0.2) is 19.7 Å². The number of anilines is 1. The van der Waals surface area contributed by atoms with Gasteiger partial charge in [0.25, 0.3) is 0 Å². The van der Waals surface area contributed by atoms with Gasteiger partial charge in [0.05, 0.1) is 19.5 Å². The Morgan fingerprint density at radius 2 is 2.03 bits per heavy atom. The number of phosphoric acid groups is 1. The van der Waals surface area contributed by atoms with Gasteiger partial charge >= 0.3 is 13.8 Å². The van der Waals surface area contributed by atoms with E-state index in [-0.39, 0.29) is 17.0 Å². The first kappa shape index (κ1) is 27.1. The molecule has 19 heteroatoms. The highest BCUT2D eigenvalue weighted by Gasteiger charge is 2.45. The highest BCUT2D eigenvalue weighted by atomic mass is 31.2. The number of ether oxygens (including phenoxy) is 1. The minimum absolute atomic E-state index is 0.0752. The number of quaternary nitrogens is 1. The third-order valence-electron chi connectivity index (χ3n) is 4.85. The topological polar surface area (TPSA) is 295 Å². The van der Waals surface area contributed by atoms with Crippen molar-refractivity contribution >= 4 is 42.6 Å². The second kappa shape index (κ2) is 11.0. The summed E-state index contributed by atoms with van der Waals surface area (Å²) in [6.07, 6.45) is -1.70. The first-order chi connectivity index (χ1) is 16.9. The molecule has 0 bridgehead atoms. The number of primary amides is 1. The molecule has 0 saturated carbocycles. The minimum Gasteiger partial charge on any atom is -0.746 e. The number of nitrogens with zero attached hydrogens (tertiary/aromatic N) is 4. The summed E-state index contributed by atoms with van der Waals surface area (Å²) in [4.78, 5) is 57.9. The van der Waals surface area contributed by atoms with Gasteiger partial charge in [0.1, 0.15) is 30.2 Å². The van der Waals surface area contributed by atoms with Crippen molar-refractivity contribution < 1.29 is 53.6 Å². The van der Waals surface area contributed by atoms with E-state index in [1.807, 2.05) is 0 Å². The lowest BCUT2D eigenvalue weighted by molar-refractivity contribution is -0.405. The maximum absolute atomic E-state index is 12.1. The third kappa shape index (κ3) is 6.38. The summed E-state index contributed by atoms with van der Waals surface area (Å²) < 4.78 is 27.8. The molecule has 0 aromatic carbocycles. The number of amides is 2. The number of nitrogens with one attached hydrogen (secondary N) is 1. The number of carbonyl (C=O) groups is 3. The maximum atomic E-state index is 12.1. The molecule has 2 aromatic rings. The summed E-state index contributed by atoms with van der Waals surface area (Å²) in [5, 5.41) is 22.9. The van der Waals surface area contributed by atoms with Crippen LogP contribution in [0.3, 0.4) is 0 Å². The zero-order valence-corrected chi connectivity index (χ0v) is 19.3. The summed E-state index contributed by atoms with van der Waals surface area (Å²) in [6.45, 7) is -1.24. The van der Waals surface area contributed by atoms with E-state index in [0.717, 1.165) is 18.5 Å². The lowest BCUT2D eigenvalue weighted by Gasteiger charge is -2.25. The number of aliphatic hydroxyl groups excluding tert-OH is 2.